The summed E-state index contributed by atoms with van der Waals surface area (Å²) in [6, 6.07) is 3.93. The van der Waals surface area contributed by atoms with E-state index in [0.717, 1.165) is 6.07 Å². The molecule has 2 rings (SSSR count). The lowest BCUT2D eigenvalue weighted by Gasteiger charge is -2.34. The minimum Gasteiger partial charge on any atom is -0.755 e. The van der Waals surface area contributed by atoms with Crippen LogP contribution in [-0.2, 0) is 20.7 Å². The maximum absolute atomic E-state index is 12.2. The minimum atomic E-state index is -2.58. The number of anilines is 2. The lowest BCUT2D eigenvalue weighted by Crippen LogP contribution is -2.49. The van der Waals surface area contributed by atoms with E-state index in [4.69, 9.17) is 9.47 Å². The molecule has 12 heteroatoms. The third kappa shape index (κ3) is 6.62. The number of carbonyl (C=O) groups is 1. The van der Waals surface area contributed by atoms with Crippen LogP contribution in [-0.4, -0.2) is 62.6 Å². The highest BCUT2D eigenvalue weighted by Gasteiger charge is 2.28. The van der Waals surface area contributed by atoms with E-state index in [-0.39, 0.29) is 36.3 Å². The van der Waals surface area contributed by atoms with E-state index in [2.05, 4.69) is 10.0 Å². The first-order chi connectivity index (χ1) is 13.0. The van der Waals surface area contributed by atoms with Crippen LogP contribution in [0.3, 0.4) is 0 Å². The van der Waals surface area contributed by atoms with Crippen LogP contribution in [0.1, 0.15) is 20.8 Å². The predicted molar refractivity (Wildman–Crippen MR) is 102 cm³/mol. The van der Waals surface area contributed by atoms with Gasteiger partial charge in [0.15, 0.2) is 0 Å². The largest absolute Gasteiger partial charge is 0.755 e. The summed E-state index contributed by atoms with van der Waals surface area (Å²) in [4.78, 5) is 24.4. The summed E-state index contributed by atoms with van der Waals surface area (Å²) >= 11 is -2.58. The van der Waals surface area contributed by atoms with Crippen molar-refractivity contribution in [3.63, 3.8) is 0 Å². The zero-order valence-electron chi connectivity index (χ0n) is 15.8. The highest BCUT2D eigenvalue weighted by Crippen LogP contribution is 2.28. The standard InChI is InChI=1S/C16H24N4O7S/c1-16(2,3)27-15(21)19-6-7-26-12(10-19)9-17-13-5-4-11(18-28(24)25)8-14(13)20(22)23/h4-5,8,12,17-18H,6-7,9-10H2,1-3H3,(H,24,25)/p-1. The van der Waals surface area contributed by atoms with Gasteiger partial charge in [0.25, 0.3) is 5.69 Å². The van der Waals surface area contributed by atoms with Crippen molar-refractivity contribution < 1.29 is 28.0 Å². The molecule has 1 aliphatic rings. The molecule has 11 nitrogen and oxygen atoms in total. The van der Waals surface area contributed by atoms with Crippen molar-refractivity contribution in [3.8, 4) is 0 Å². The van der Waals surface area contributed by atoms with E-state index >= 15 is 0 Å². The van der Waals surface area contributed by atoms with Gasteiger partial charge in [-0.2, -0.15) is 0 Å². The van der Waals surface area contributed by atoms with Crippen LogP contribution in [0.5, 0.6) is 0 Å². The summed E-state index contributed by atoms with van der Waals surface area (Å²) in [6.07, 6.45) is -0.819. The van der Waals surface area contributed by atoms with Gasteiger partial charge in [-0.15, -0.1) is 0 Å². The van der Waals surface area contributed by atoms with Crippen molar-refractivity contribution in [1.82, 2.24) is 4.90 Å². The number of amides is 1. The third-order valence-corrected chi connectivity index (χ3v) is 4.11. The molecule has 0 spiro atoms. The molecule has 2 unspecified atom stereocenters. The quantitative estimate of drug-likeness (QED) is 0.406. The maximum Gasteiger partial charge on any atom is 0.410 e. The van der Waals surface area contributed by atoms with Crippen molar-refractivity contribution in [2.75, 3.05) is 36.3 Å². The molecule has 2 N–H and O–H groups in total. The van der Waals surface area contributed by atoms with Crippen LogP contribution in [0.2, 0.25) is 0 Å². The number of hydrogen-bond acceptors (Lipinski definition) is 8. The Hall–Kier alpha value is -2.44. The van der Waals surface area contributed by atoms with Gasteiger partial charge in [-0.3, -0.25) is 14.3 Å². The number of rotatable bonds is 6. The van der Waals surface area contributed by atoms with Crippen LogP contribution in [0.25, 0.3) is 0 Å². The Morgan fingerprint density at radius 1 is 1.46 bits per heavy atom. The maximum atomic E-state index is 12.2. The van der Waals surface area contributed by atoms with Gasteiger partial charge in [-0.25, -0.2) is 4.79 Å². The molecule has 1 fully saturated rings. The SMILES string of the molecule is CC(C)(C)OC(=O)N1CCOC(CNc2ccc(NS(=O)[O-])cc2[N+](=O)[O-])C1. The number of nitro benzene ring substituents is 1. The summed E-state index contributed by atoms with van der Waals surface area (Å²) < 4.78 is 34.4. The molecular formula is C16H23N4O7S-. The third-order valence-electron chi connectivity index (χ3n) is 3.71. The van der Waals surface area contributed by atoms with Gasteiger partial charge in [0, 0.05) is 30.4 Å². The summed E-state index contributed by atoms with van der Waals surface area (Å²) in [5.74, 6) is 0. The van der Waals surface area contributed by atoms with Gasteiger partial charge in [0.05, 0.1) is 29.9 Å². The first-order valence-corrected chi connectivity index (χ1v) is 9.60. The molecule has 0 bridgehead atoms. The van der Waals surface area contributed by atoms with E-state index in [0.29, 0.717) is 13.2 Å². The second-order valence-electron chi connectivity index (χ2n) is 7.13. The van der Waals surface area contributed by atoms with Crippen molar-refractivity contribution >= 4 is 34.4 Å². The van der Waals surface area contributed by atoms with Crippen molar-refractivity contribution in [2.24, 2.45) is 0 Å². The fourth-order valence-corrected chi connectivity index (χ4v) is 2.87. The fraction of sp³-hybridized carbons (Fsp3) is 0.562. The van der Waals surface area contributed by atoms with Crippen LogP contribution >= 0.6 is 0 Å². The predicted octanol–water partition coefficient (Wildman–Crippen LogP) is 1.85. The number of nitrogens with one attached hydrogen (secondary N) is 2. The molecule has 0 radical (unpaired) electrons. The van der Waals surface area contributed by atoms with Gasteiger partial charge in [-0.05, 0) is 32.9 Å². The molecule has 1 amide bonds. The van der Waals surface area contributed by atoms with Gasteiger partial charge in [0.2, 0.25) is 0 Å². The average Bonchev–Trinajstić information content (AvgIpc) is 2.58. The topological polar surface area (TPSA) is 146 Å². The highest BCUT2D eigenvalue weighted by atomic mass is 32.2. The summed E-state index contributed by atoms with van der Waals surface area (Å²) in [5.41, 5.74) is -0.594. The number of ether oxygens (including phenoxy) is 2. The summed E-state index contributed by atoms with van der Waals surface area (Å²) in [6.45, 7) is 6.58. The highest BCUT2D eigenvalue weighted by molar-refractivity contribution is 7.80. The zero-order chi connectivity index (χ0) is 20.9. The Kier molecular flexibility index (Phi) is 7.16. The zero-order valence-corrected chi connectivity index (χ0v) is 16.6. The Morgan fingerprint density at radius 2 is 2.18 bits per heavy atom. The lowest BCUT2D eigenvalue weighted by molar-refractivity contribution is -0.383. The van der Waals surface area contributed by atoms with E-state index in [9.17, 15) is 23.7 Å². The van der Waals surface area contributed by atoms with Crippen molar-refractivity contribution in [1.29, 1.82) is 0 Å². The first-order valence-electron chi connectivity index (χ1n) is 8.53. The number of morpholine rings is 1. The Morgan fingerprint density at radius 3 is 2.79 bits per heavy atom. The normalized spacial score (nSPS) is 18.3. The first kappa shape index (κ1) is 21.9. The van der Waals surface area contributed by atoms with Gasteiger partial charge in [0.1, 0.15) is 11.3 Å². The average molecular weight is 415 g/mol. The van der Waals surface area contributed by atoms with Gasteiger partial charge < -0.3 is 29.0 Å². The molecule has 28 heavy (non-hydrogen) atoms. The van der Waals surface area contributed by atoms with Crippen molar-refractivity contribution in [3.05, 3.63) is 28.3 Å². The van der Waals surface area contributed by atoms with E-state index in [1.165, 1.54) is 17.0 Å². The smallest absolute Gasteiger partial charge is 0.410 e. The summed E-state index contributed by atoms with van der Waals surface area (Å²) in [7, 11) is 0. The molecule has 1 saturated heterocycles. The molecule has 0 aromatic heterocycles. The molecule has 0 saturated carbocycles. The Labute approximate surface area is 164 Å². The van der Waals surface area contributed by atoms with Crippen LogP contribution in [0.4, 0.5) is 21.9 Å². The Balaban J connectivity index is 2.00. The number of hydrogen-bond donors (Lipinski definition) is 2. The van der Waals surface area contributed by atoms with Gasteiger partial charge >= 0.3 is 6.09 Å². The van der Waals surface area contributed by atoms with Gasteiger partial charge in [-0.1, -0.05) is 0 Å². The van der Waals surface area contributed by atoms with Crippen LogP contribution in [0, 0.1) is 10.1 Å². The summed E-state index contributed by atoms with van der Waals surface area (Å²) in [5, 5.41) is 14.2. The fourth-order valence-electron chi connectivity index (χ4n) is 2.55. The van der Waals surface area contributed by atoms with E-state index in [1.54, 1.807) is 20.8 Å². The number of benzene rings is 1. The number of nitro groups is 1. The number of carbonyl (C=O) groups excluding carboxylic acids is 1. The molecular weight excluding hydrogens is 392 g/mol. The van der Waals surface area contributed by atoms with E-state index in [1.807, 2.05) is 0 Å². The van der Waals surface area contributed by atoms with Crippen molar-refractivity contribution in [2.45, 2.75) is 32.5 Å². The molecule has 2 atom stereocenters. The monoisotopic (exact) mass is 415 g/mol. The molecule has 0 aliphatic carbocycles. The minimum absolute atomic E-state index is 0.0793. The molecule has 1 aliphatic heterocycles. The van der Waals surface area contributed by atoms with Crippen LogP contribution in [0.15, 0.2) is 18.2 Å². The second kappa shape index (κ2) is 9.17. The Bertz CT molecular complexity index is 753. The lowest BCUT2D eigenvalue weighted by atomic mass is 10.2. The van der Waals surface area contributed by atoms with E-state index < -0.39 is 27.9 Å². The van der Waals surface area contributed by atoms with Crippen LogP contribution < -0.4 is 10.0 Å². The number of nitrogens with zero attached hydrogens (tertiary/aromatic N) is 2. The molecule has 1 aromatic rings. The molecule has 1 aromatic carbocycles. The molecule has 1 heterocycles. The molecule has 156 valence electrons. The second-order valence-corrected chi connectivity index (χ2v) is 7.80.